The molecule has 1 spiro atoms. The summed E-state index contributed by atoms with van der Waals surface area (Å²) in [4.78, 5) is 31.3. The lowest BCUT2D eigenvalue weighted by Gasteiger charge is -2.24. The van der Waals surface area contributed by atoms with E-state index < -0.39 is 5.60 Å². The van der Waals surface area contributed by atoms with Crippen LogP contribution in [-0.4, -0.2) is 34.8 Å². The molecule has 5 rings (SSSR count). The number of hydrogen-bond donors (Lipinski definition) is 0. The molecule has 1 aromatic heterocycles. The smallest absolute Gasteiger partial charge is 0.339 e. The molecule has 1 saturated heterocycles. The number of carbonyl (C=O) groups excluding carboxylic acids is 2. The van der Waals surface area contributed by atoms with E-state index >= 15 is 0 Å². The number of pyridine rings is 1. The van der Waals surface area contributed by atoms with E-state index in [2.05, 4.69) is 4.98 Å². The monoisotopic (exact) mass is 434 g/mol. The molecule has 3 aromatic rings. The van der Waals surface area contributed by atoms with Gasteiger partial charge in [-0.15, -0.1) is 0 Å². The second-order valence-electron chi connectivity index (χ2n) is 7.74. The number of ether oxygens (including phenoxy) is 2. The van der Waals surface area contributed by atoms with Crippen molar-refractivity contribution in [2.75, 3.05) is 13.1 Å². The van der Waals surface area contributed by atoms with Crippen molar-refractivity contribution >= 4 is 23.5 Å². The Bertz CT molecular complexity index is 1210. The number of nitrogens with zero attached hydrogens (tertiary/aromatic N) is 2. The zero-order chi connectivity index (χ0) is 21.6. The predicted octanol–water partition coefficient (Wildman–Crippen LogP) is 4.75. The molecular formula is C24H19ClN2O4. The van der Waals surface area contributed by atoms with Crippen LogP contribution in [0, 0.1) is 6.92 Å². The molecule has 0 saturated carbocycles. The van der Waals surface area contributed by atoms with Gasteiger partial charge < -0.3 is 14.4 Å². The number of carbonyl (C=O) groups is 2. The number of benzene rings is 2. The SMILES string of the molecule is Cc1ncccc1Oc1ccc(C(=O)N2CC[C@@]3(C2)OC(=O)c2ccccc23)c(Cl)c1. The van der Waals surface area contributed by atoms with Crippen LogP contribution in [0.5, 0.6) is 11.5 Å². The third-order valence-corrected chi connectivity index (χ3v) is 6.11. The average Bonchev–Trinajstić information content (AvgIpc) is 3.31. The summed E-state index contributed by atoms with van der Waals surface area (Å²) in [5.41, 5.74) is 1.77. The number of hydrogen-bond acceptors (Lipinski definition) is 5. The minimum atomic E-state index is -0.781. The molecule has 1 amide bonds. The molecule has 6 nitrogen and oxygen atoms in total. The van der Waals surface area contributed by atoms with E-state index in [-0.39, 0.29) is 11.9 Å². The van der Waals surface area contributed by atoms with Crippen molar-refractivity contribution in [1.29, 1.82) is 0 Å². The summed E-state index contributed by atoms with van der Waals surface area (Å²) in [7, 11) is 0. The minimum Gasteiger partial charge on any atom is -0.455 e. The fourth-order valence-electron chi connectivity index (χ4n) is 4.21. The van der Waals surface area contributed by atoms with E-state index in [4.69, 9.17) is 21.1 Å². The molecule has 0 radical (unpaired) electrons. The third-order valence-electron chi connectivity index (χ3n) is 5.80. The van der Waals surface area contributed by atoms with Crippen molar-refractivity contribution in [1.82, 2.24) is 9.88 Å². The molecule has 2 aliphatic rings. The molecule has 7 heteroatoms. The number of likely N-dealkylation sites (tertiary alicyclic amines) is 1. The van der Waals surface area contributed by atoms with Crippen molar-refractivity contribution in [2.45, 2.75) is 18.9 Å². The van der Waals surface area contributed by atoms with Gasteiger partial charge in [-0.05, 0) is 37.3 Å². The van der Waals surface area contributed by atoms with Crippen LogP contribution in [0.25, 0.3) is 0 Å². The number of fused-ring (bicyclic) bond motifs is 2. The molecule has 31 heavy (non-hydrogen) atoms. The van der Waals surface area contributed by atoms with Gasteiger partial charge in [0.2, 0.25) is 0 Å². The quantitative estimate of drug-likeness (QED) is 0.556. The largest absolute Gasteiger partial charge is 0.455 e. The fraction of sp³-hybridized carbons (Fsp3) is 0.208. The molecule has 0 bridgehead atoms. The van der Waals surface area contributed by atoms with Gasteiger partial charge in [-0.3, -0.25) is 9.78 Å². The molecule has 0 aliphatic carbocycles. The summed E-state index contributed by atoms with van der Waals surface area (Å²) in [6.45, 7) is 2.63. The summed E-state index contributed by atoms with van der Waals surface area (Å²) in [5, 5.41) is 0.300. The third kappa shape index (κ3) is 3.33. The number of aromatic nitrogens is 1. The average molecular weight is 435 g/mol. The highest BCUT2D eigenvalue weighted by Gasteiger charge is 2.51. The Hall–Kier alpha value is -3.38. The van der Waals surface area contributed by atoms with Crippen LogP contribution in [0.3, 0.4) is 0 Å². The lowest BCUT2D eigenvalue weighted by Crippen LogP contribution is -2.34. The van der Waals surface area contributed by atoms with E-state index in [1.165, 1.54) is 0 Å². The predicted molar refractivity (Wildman–Crippen MR) is 115 cm³/mol. The minimum absolute atomic E-state index is 0.202. The normalized spacial score (nSPS) is 19.4. The van der Waals surface area contributed by atoms with E-state index in [9.17, 15) is 9.59 Å². The second kappa shape index (κ2) is 7.39. The van der Waals surface area contributed by atoms with Crippen molar-refractivity contribution in [3.63, 3.8) is 0 Å². The summed E-state index contributed by atoms with van der Waals surface area (Å²) >= 11 is 6.44. The Balaban J connectivity index is 1.36. The molecule has 2 aliphatic heterocycles. The van der Waals surface area contributed by atoms with Crippen LogP contribution in [0.15, 0.2) is 60.8 Å². The summed E-state index contributed by atoms with van der Waals surface area (Å²) in [6, 6.07) is 16.0. The van der Waals surface area contributed by atoms with Gasteiger partial charge in [0.25, 0.3) is 5.91 Å². The van der Waals surface area contributed by atoms with E-state index in [0.717, 1.165) is 11.3 Å². The first kappa shape index (κ1) is 19.6. The van der Waals surface area contributed by atoms with Crippen LogP contribution >= 0.6 is 11.6 Å². The standard InChI is InChI=1S/C24H19ClN2O4/c1-15-21(7-4-11-26-15)30-16-8-9-18(20(25)13-16)22(28)27-12-10-24(14-27)19-6-3-2-5-17(19)23(29)31-24/h2-9,11,13H,10,12,14H2,1H3/t24-/m0/s1. The van der Waals surface area contributed by atoms with Crippen LogP contribution in [0.2, 0.25) is 5.02 Å². The zero-order valence-electron chi connectivity index (χ0n) is 16.8. The Kier molecular flexibility index (Phi) is 4.67. The maximum Gasteiger partial charge on any atom is 0.339 e. The summed E-state index contributed by atoms with van der Waals surface area (Å²) < 4.78 is 11.6. The highest BCUT2D eigenvalue weighted by atomic mass is 35.5. The Morgan fingerprint density at radius 3 is 2.84 bits per heavy atom. The molecule has 0 unspecified atom stereocenters. The topological polar surface area (TPSA) is 68.7 Å². The van der Waals surface area contributed by atoms with Gasteiger partial charge in [-0.2, -0.15) is 0 Å². The van der Waals surface area contributed by atoms with Crippen molar-refractivity contribution in [3.8, 4) is 11.5 Å². The maximum atomic E-state index is 13.2. The van der Waals surface area contributed by atoms with Gasteiger partial charge in [0.05, 0.1) is 28.4 Å². The van der Waals surface area contributed by atoms with Gasteiger partial charge in [0.15, 0.2) is 5.60 Å². The molecule has 0 N–H and O–H groups in total. The zero-order valence-corrected chi connectivity index (χ0v) is 17.6. The van der Waals surface area contributed by atoms with Gasteiger partial charge in [0.1, 0.15) is 11.5 Å². The number of aryl methyl sites for hydroxylation is 1. The molecule has 1 fully saturated rings. The summed E-state index contributed by atoms with van der Waals surface area (Å²) in [5.74, 6) is 0.608. The second-order valence-corrected chi connectivity index (χ2v) is 8.14. The molecule has 156 valence electrons. The van der Waals surface area contributed by atoms with Crippen LogP contribution in [0.1, 0.15) is 38.4 Å². The fourth-order valence-corrected chi connectivity index (χ4v) is 4.46. The van der Waals surface area contributed by atoms with Gasteiger partial charge >= 0.3 is 5.97 Å². The van der Waals surface area contributed by atoms with Crippen molar-refractivity contribution < 1.29 is 19.1 Å². The van der Waals surface area contributed by atoms with Crippen LogP contribution in [-0.2, 0) is 10.3 Å². The molecule has 1 atom stereocenters. The van der Waals surface area contributed by atoms with Gasteiger partial charge in [-0.1, -0.05) is 29.8 Å². The summed E-state index contributed by atoms with van der Waals surface area (Å²) in [6.07, 6.45) is 2.25. The van der Waals surface area contributed by atoms with Crippen LogP contribution in [0.4, 0.5) is 0 Å². The lowest BCUT2D eigenvalue weighted by atomic mass is 9.91. The molecular weight excluding hydrogens is 416 g/mol. The van der Waals surface area contributed by atoms with Crippen molar-refractivity contribution in [2.24, 2.45) is 0 Å². The molecule has 3 heterocycles. The number of rotatable bonds is 3. The van der Waals surface area contributed by atoms with Gasteiger partial charge in [-0.25, -0.2) is 4.79 Å². The first-order valence-electron chi connectivity index (χ1n) is 9.98. The first-order chi connectivity index (χ1) is 15.0. The first-order valence-corrected chi connectivity index (χ1v) is 10.4. The highest BCUT2D eigenvalue weighted by Crippen LogP contribution is 2.43. The van der Waals surface area contributed by atoms with E-state index in [0.29, 0.717) is 47.2 Å². The molecule has 2 aromatic carbocycles. The number of amides is 1. The van der Waals surface area contributed by atoms with Gasteiger partial charge in [0, 0.05) is 30.8 Å². The van der Waals surface area contributed by atoms with E-state index in [1.807, 2.05) is 31.2 Å². The lowest BCUT2D eigenvalue weighted by molar-refractivity contribution is -0.00306. The van der Waals surface area contributed by atoms with E-state index in [1.54, 1.807) is 41.4 Å². The number of esters is 1. The number of halogens is 1. The Morgan fingerprint density at radius 2 is 2.03 bits per heavy atom. The van der Waals surface area contributed by atoms with Crippen LogP contribution < -0.4 is 4.74 Å². The Morgan fingerprint density at radius 1 is 1.19 bits per heavy atom. The van der Waals surface area contributed by atoms with Crippen molar-refractivity contribution in [3.05, 3.63) is 88.2 Å². The highest BCUT2D eigenvalue weighted by molar-refractivity contribution is 6.34. The Labute approximate surface area is 184 Å². The maximum absolute atomic E-state index is 13.2.